The first-order valence-electron chi connectivity index (χ1n) is 8.96. The Bertz CT molecular complexity index is 998. The summed E-state index contributed by atoms with van der Waals surface area (Å²) in [5.41, 5.74) is 3.39. The van der Waals surface area contributed by atoms with E-state index in [1.54, 1.807) is 11.8 Å². The zero-order valence-corrected chi connectivity index (χ0v) is 16.3. The molecule has 2 N–H and O–H groups in total. The van der Waals surface area contributed by atoms with Gasteiger partial charge in [0.15, 0.2) is 0 Å². The highest BCUT2D eigenvalue weighted by molar-refractivity contribution is 8.14. The minimum absolute atomic E-state index is 0.00324. The number of thioether (sulfide) groups is 1. The van der Waals surface area contributed by atoms with Crippen LogP contribution in [0.1, 0.15) is 11.1 Å². The smallest absolute Gasteiger partial charge is 0.245 e. The molecule has 1 atom stereocenters. The van der Waals surface area contributed by atoms with E-state index in [9.17, 15) is 4.79 Å². The molecule has 0 bridgehead atoms. The van der Waals surface area contributed by atoms with Crippen molar-refractivity contribution in [3.63, 3.8) is 0 Å². The fourth-order valence-corrected chi connectivity index (χ4v) is 4.47. The average Bonchev–Trinajstić information content (AvgIpc) is 3.31. The Kier molecular flexibility index (Phi) is 5.50. The van der Waals surface area contributed by atoms with Crippen molar-refractivity contribution in [2.24, 2.45) is 4.99 Å². The van der Waals surface area contributed by atoms with Gasteiger partial charge in [-0.3, -0.25) is 9.79 Å². The van der Waals surface area contributed by atoms with E-state index in [-0.39, 0.29) is 11.9 Å². The van der Waals surface area contributed by atoms with Crippen LogP contribution in [0.25, 0.3) is 10.9 Å². The number of carbonyl (C=O) groups excluding carboxylic acids is 1. The number of carbonyl (C=O) groups is 1. The number of amides is 1. The topological polar surface area (TPSA) is 57.2 Å². The van der Waals surface area contributed by atoms with Crippen LogP contribution in [0.5, 0.6) is 0 Å². The maximum atomic E-state index is 12.4. The molecule has 6 heteroatoms. The third-order valence-corrected chi connectivity index (χ3v) is 6.11. The molecule has 4 rings (SSSR count). The summed E-state index contributed by atoms with van der Waals surface area (Å²) in [7, 11) is 0. The first-order chi connectivity index (χ1) is 13.2. The van der Waals surface area contributed by atoms with Crippen LogP contribution in [0.15, 0.2) is 59.7 Å². The fraction of sp³-hybridized carbons (Fsp3) is 0.238. The van der Waals surface area contributed by atoms with Crippen LogP contribution in [0, 0.1) is 0 Å². The minimum Gasteiger partial charge on any atom is -0.361 e. The minimum atomic E-state index is -0.310. The van der Waals surface area contributed by atoms with Crippen LogP contribution in [0.2, 0.25) is 5.02 Å². The zero-order valence-electron chi connectivity index (χ0n) is 14.7. The summed E-state index contributed by atoms with van der Waals surface area (Å²) < 4.78 is 0. The first-order valence-corrected chi connectivity index (χ1v) is 10.3. The van der Waals surface area contributed by atoms with Crippen molar-refractivity contribution in [2.45, 2.75) is 18.9 Å². The third kappa shape index (κ3) is 4.20. The molecular weight excluding hydrogens is 378 g/mol. The van der Waals surface area contributed by atoms with Gasteiger partial charge in [0.25, 0.3) is 0 Å². The molecule has 0 saturated carbocycles. The largest absolute Gasteiger partial charge is 0.361 e. The standard InChI is InChI=1S/C21H20ClN3OS/c22-17-7-3-1-5-14(17)11-20-25-19(13-27-20)21(26)23-10-9-15-12-24-18-8-4-2-6-16(15)18/h1-8,12,19,24H,9-11,13H2,(H,23,26)/t19-/m0/s1. The molecule has 3 aromatic rings. The molecule has 0 saturated heterocycles. The van der Waals surface area contributed by atoms with Crippen LogP contribution in [0.4, 0.5) is 0 Å². The molecule has 138 valence electrons. The second-order valence-corrected chi connectivity index (χ2v) is 8.02. The number of benzene rings is 2. The number of nitrogens with one attached hydrogen (secondary N) is 2. The van der Waals surface area contributed by atoms with E-state index in [2.05, 4.69) is 27.4 Å². The van der Waals surface area contributed by atoms with E-state index in [1.807, 2.05) is 42.6 Å². The number of fused-ring (bicyclic) bond motifs is 1. The van der Waals surface area contributed by atoms with Crippen molar-refractivity contribution in [1.29, 1.82) is 0 Å². The van der Waals surface area contributed by atoms with Gasteiger partial charge in [-0.15, -0.1) is 11.8 Å². The molecule has 4 nitrogen and oxygen atoms in total. The van der Waals surface area contributed by atoms with Crippen molar-refractivity contribution in [3.05, 3.63) is 70.9 Å². The first kappa shape index (κ1) is 18.1. The van der Waals surface area contributed by atoms with Gasteiger partial charge in [0.1, 0.15) is 6.04 Å². The van der Waals surface area contributed by atoms with Crippen LogP contribution >= 0.6 is 23.4 Å². The summed E-state index contributed by atoms with van der Waals surface area (Å²) in [5.74, 6) is 0.690. The van der Waals surface area contributed by atoms with Crippen molar-refractivity contribution < 1.29 is 4.79 Å². The highest BCUT2D eigenvalue weighted by atomic mass is 35.5. The Hall–Kier alpha value is -2.24. The highest BCUT2D eigenvalue weighted by Gasteiger charge is 2.25. The number of aliphatic imine (C=N–C) groups is 1. The van der Waals surface area contributed by atoms with E-state index in [0.717, 1.165) is 27.6 Å². The van der Waals surface area contributed by atoms with Crippen molar-refractivity contribution >= 4 is 45.2 Å². The molecular formula is C21H20ClN3OS. The average molecular weight is 398 g/mol. The number of rotatable bonds is 6. The van der Waals surface area contributed by atoms with Gasteiger partial charge in [-0.25, -0.2) is 0 Å². The molecule has 0 spiro atoms. The Balaban J connectivity index is 1.31. The number of halogens is 1. The number of hydrogen-bond acceptors (Lipinski definition) is 3. The summed E-state index contributed by atoms with van der Waals surface area (Å²) in [6.45, 7) is 0.608. The number of aromatic amines is 1. The lowest BCUT2D eigenvalue weighted by molar-refractivity contribution is -0.121. The van der Waals surface area contributed by atoms with E-state index in [1.165, 1.54) is 10.9 Å². The van der Waals surface area contributed by atoms with E-state index >= 15 is 0 Å². The van der Waals surface area contributed by atoms with Gasteiger partial charge in [0.05, 0.1) is 5.04 Å². The Morgan fingerprint density at radius 2 is 2.00 bits per heavy atom. The van der Waals surface area contributed by atoms with E-state index < -0.39 is 0 Å². The molecule has 0 fully saturated rings. The summed E-state index contributed by atoms with van der Waals surface area (Å²) in [4.78, 5) is 20.3. The van der Waals surface area contributed by atoms with Crippen LogP contribution in [-0.2, 0) is 17.6 Å². The van der Waals surface area contributed by atoms with Gasteiger partial charge in [-0.2, -0.15) is 0 Å². The van der Waals surface area contributed by atoms with Gasteiger partial charge < -0.3 is 10.3 Å². The normalized spacial score (nSPS) is 16.5. The van der Waals surface area contributed by atoms with Crippen molar-refractivity contribution in [3.8, 4) is 0 Å². The Labute approximate surface area is 167 Å². The fourth-order valence-electron chi connectivity index (χ4n) is 3.24. The van der Waals surface area contributed by atoms with E-state index in [0.29, 0.717) is 18.7 Å². The van der Waals surface area contributed by atoms with Crippen LogP contribution < -0.4 is 5.32 Å². The molecule has 2 aromatic carbocycles. The second-order valence-electron chi connectivity index (χ2n) is 6.52. The van der Waals surface area contributed by atoms with Gasteiger partial charge >= 0.3 is 0 Å². The van der Waals surface area contributed by atoms with Gasteiger partial charge in [-0.1, -0.05) is 48.0 Å². The summed E-state index contributed by atoms with van der Waals surface area (Å²) in [6, 6.07) is 15.7. The predicted octanol–water partition coefficient (Wildman–Crippen LogP) is 4.24. The molecule has 2 heterocycles. The van der Waals surface area contributed by atoms with Gasteiger partial charge in [-0.05, 0) is 29.7 Å². The molecule has 1 aromatic heterocycles. The summed E-state index contributed by atoms with van der Waals surface area (Å²) in [5, 5.41) is 5.95. The number of aromatic nitrogens is 1. The van der Waals surface area contributed by atoms with Crippen LogP contribution in [-0.4, -0.2) is 34.3 Å². The number of hydrogen-bond donors (Lipinski definition) is 2. The SMILES string of the molecule is O=C(NCCc1c[nH]c2ccccc12)[C@@H]1CSC(Cc2ccccc2Cl)=N1. The molecule has 1 aliphatic heterocycles. The Morgan fingerprint density at radius 1 is 1.19 bits per heavy atom. The number of H-pyrrole nitrogens is 1. The van der Waals surface area contributed by atoms with Crippen molar-refractivity contribution in [2.75, 3.05) is 12.3 Å². The molecule has 0 radical (unpaired) electrons. The second kappa shape index (κ2) is 8.19. The van der Waals surface area contributed by atoms with Crippen molar-refractivity contribution in [1.82, 2.24) is 10.3 Å². The van der Waals surface area contributed by atoms with Gasteiger partial charge in [0, 0.05) is 40.8 Å². The maximum absolute atomic E-state index is 12.4. The molecule has 0 aliphatic carbocycles. The lowest BCUT2D eigenvalue weighted by atomic mass is 10.1. The number of nitrogens with zero attached hydrogens (tertiary/aromatic N) is 1. The summed E-state index contributed by atoms with van der Waals surface area (Å²) >= 11 is 7.86. The quantitative estimate of drug-likeness (QED) is 0.653. The monoisotopic (exact) mass is 397 g/mol. The molecule has 0 unspecified atom stereocenters. The lowest BCUT2D eigenvalue weighted by Crippen LogP contribution is -2.35. The third-order valence-electron chi connectivity index (χ3n) is 4.68. The number of para-hydroxylation sites is 1. The highest BCUT2D eigenvalue weighted by Crippen LogP contribution is 2.24. The predicted molar refractivity (Wildman–Crippen MR) is 114 cm³/mol. The van der Waals surface area contributed by atoms with Crippen LogP contribution in [0.3, 0.4) is 0 Å². The van der Waals surface area contributed by atoms with Gasteiger partial charge in [0.2, 0.25) is 5.91 Å². The molecule has 1 aliphatic rings. The maximum Gasteiger partial charge on any atom is 0.245 e. The van der Waals surface area contributed by atoms with E-state index in [4.69, 9.17) is 11.6 Å². The molecule has 1 amide bonds. The Morgan fingerprint density at radius 3 is 2.89 bits per heavy atom. The lowest BCUT2D eigenvalue weighted by Gasteiger charge is -2.07. The molecule has 27 heavy (non-hydrogen) atoms. The summed E-state index contributed by atoms with van der Waals surface area (Å²) in [6.07, 6.45) is 3.50. The zero-order chi connectivity index (χ0) is 18.6.